The summed E-state index contributed by atoms with van der Waals surface area (Å²) in [5.74, 6) is -1.14. The van der Waals surface area contributed by atoms with Crippen molar-refractivity contribution in [1.29, 1.82) is 0 Å². The molecule has 9 heteroatoms. The number of carbonyl (C=O) groups is 1. The number of hydrogen-bond acceptors (Lipinski definition) is 6. The summed E-state index contributed by atoms with van der Waals surface area (Å²) >= 11 is 6.10. The fourth-order valence-electron chi connectivity index (χ4n) is 2.97. The quantitative estimate of drug-likeness (QED) is 0.424. The molecule has 0 aliphatic carbocycles. The molecule has 7 nitrogen and oxygen atoms in total. The highest BCUT2D eigenvalue weighted by Gasteiger charge is 2.26. The zero-order valence-electron chi connectivity index (χ0n) is 15.9. The smallest absolute Gasteiger partial charge is 0.344 e. The van der Waals surface area contributed by atoms with E-state index in [0.29, 0.717) is 12.2 Å². The van der Waals surface area contributed by atoms with Crippen LogP contribution in [-0.4, -0.2) is 26.1 Å². The summed E-state index contributed by atoms with van der Waals surface area (Å²) in [5.41, 5.74) is 1.53. The van der Waals surface area contributed by atoms with Crippen molar-refractivity contribution >= 4 is 17.6 Å². The molecule has 0 saturated carbocycles. The Balaban J connectivity index is 1.49. The van der Waals surface area contributed by atoms with Gasteiger partial charge in [-0.05, 0) is 24.6 Å². The van der Waals surface area contributed by atoms with Crippen molar-refractivity contribution in [2.45, 2.75) is 20.1 Å². The zero-order chi connectivity index (χ0) is 21.1. The SMILES string of the molecule is Cc1onc(-c2c(F)cccc2Cl)c1C(=O)OCc1cn(Cc2ccccc2)nn1. The van der Waals surface area contributed by atoms with E-state index in [-0.39, 0.29) is 34.2 Å². The molecule has 4 rings (SSSR count). The van der Waals surface area contributed by atoms with Crippen molar-refractivity contribution in [3.8, 4) is 11.3 Å². The largest absolute Gasteiger partial charge is 0.455 e. The minimum absolute atomic E-state index is 0.00617. The highest BCUT2D eigenvalue weighted by atomic mass is 35.5. The van der Waals surface area contributed by atoms with Crippen molar-refractivity contribution in [2.24, 2.45) is 0 Å². The highest BCUT2D eigenvalue weighted by molar-refractivity contribution is 6.33. The second kappa shape index (κ2) is 8.46. The van der Waals surface area contributed by atoms with Crippen LogP contribution in [0.4, 0.5) is 4.39 Å². The molecule has 0 aliphatic rings. The lowest BCUT2D eigenvalue weighted by Crippen LogP contribution is -2.08. The molecule has 2 aromatic carbocycles. The van der Waals surface area contributed by atoms with Gasteiger partial charge in [0.2, 0.25) is 0 Å². The van der Waals surface area contributed by atoms with E-state index >= 15 is 0 Å². The standard InChI is InChI=1S/C21H16ClFN4O3/c1-13-18(20(25-30-13)19-16(22)8-5-9-17(19)23)21(28)29-12-15-11-27(26-24-15)10-14-6-3-2-4-7-14/h2-9,11H,10,12H2,1H3. The van der Waals surface area contributed by atoms with E-state index < -0.39 is 11.8 Å². The summed E-state index contributed by atoms with van der Waals surface area (Å²) in [7, 11) is 0. The summed E-state index contributed by atoms with van der Waals surface area (Å²) in [4.78, 5) is 12.7. The number of ether oxygens (including phenoxy) is 1. The normalized spacial score (nSPS) is 10.9. The maximum absolute atomic E-state index is 14.3. The highest BCUT2D eigenvalue weighted by Crippen LogP contribution is 2.33. The molecule has 152 valence electrons. The van der Waals surface area contributed by atoms with E-state index in [2.05, 4.69) is 15.5 Å². The molecule has 0 N–H and O–H groups in total. The van der Waals surface area contributed by atoms with Crippen LogP contribution in [0.3, 0.4) is 0 Å². The van der Waals surface area contributed by atoms with E-state index in [1.165, 1.54) is 25.1 Å². The maximum Gasteiger partial charge on any atom is 0.344 e. The molecule has 0 bridgehead atoms. The molecule has 0 fully saturated rings. The van der Waals surface area contributed by atoms with Crippen LogP contribution in [0.1, 0.15) is 27.4 Å². The average Bonchev–Trinajstić information content (AvgIpc) is 3.33. The van der Waals surface area contributed by atoms with Crippen LogP contribution in [0.2, 0.25) is 5.02 Å². The number of esters is 1. The summed E-state index contributed by atoms with van der Waals surface area (Å²) in [6.45, 7) is 1.98. The van der Waals surface area contributed by atoms with Crippen LogP contribution >= 0.6 is 11.6 Å². The van der Waals surface area contributed by atoms with Gasteiger partial charge < -0.3 is 9.26 Å². The van der Waals surface area contributed by atoms with Crippen molar-refractivity contribution < 1.29 is 18.4 Å². The molecular formula is C21H16ClFN4O3. The van der Waals surface area contributed by atoms with Crippen molar-refractivity contribution in [3.63, 3.8) is 0 Å². The average molecular weight is 427 g/mol. The molecule has 4 aromatic rings. The lowest BCUT2D eigenvalue weighted by Gasteiger charge is -2.06. The molecule has 0 radical (unpaired) electrons. The predicted octanol–water partition coefficient (Wildman–Crippen LogP) is 4.44. The van der Waals surface area contributed by atoms with Gasteiger partial charge in [0, 0.05) is 0 Å². The van der Waals surface area contributed by atoms with Crippen LogP contribution in [-0.2, 0) is 17.9 Å². The molecule has 0 aliphatic heterocycles. The molecule has 0 unspecified atom stereocenters. The van der Waals surface area contributed by atoms with Crippen LogP contribution in [0.5, 0.6) is 0 Å². The zero-order valence-corrected chi connectivity index (χ0v) is 16.6. The molecule has 2 heterocycles. The Kier molecular flexibility index (Phi) is 5.58. The Bertz CT molecular complexity index is 1170. The van der Waals surface area contributed by atoms with E-state index in [1.807, 2.05) is 30.3 Å². The number of benzene rings is 2. The van der Waals surface area contributed by atoms with Gasteiger partial charge >= 0.3 is 5.97 Å². The van der Waals surface area contributed by atoms with E-state index in [1.54, 1.807) is 10.9 Å². The minimum Gasteiger partial charge on any atom is -0.455 e. The summed E-state index contributed by atoms with van der Waals surface area (Å²) in [6.07, 6.45) is 1.69. The molecule has 30 heavy (non-hydrogen) atoms. The topological polar surface area (TPSA) is 83.0 Å². The lowest BCUT2D eigenvalue weighted by atomic mass is 10.1. The van der Waals surface area contributed by atoms with Crippen molar-refractivity contribution in [1.82, 2.24) is 20.2 Å². The van der Waals surface area contributed by atoms with E-state index in [9.17, 15) is 9.18 Å². The predicted molar refractivity (Wildman–Crippen MR) is 106 cm³/mol. The molecular weight excluding hydrogens is 411 g/mol. The third-order valence-corrected chi connectivity index (χ3v) is 4.71. The Hall–Kier alpha value is -3.52. The van der Waals surface area contributed by atoms with E-state index in [0.717, 1.165) is 5.56 Å². The first-order valence-corrected chi connectivity index (χ1v) is 9.41. The first-order valence-electron chi connectivity index (χ1n) is 9.03. The van der Waals surface area contributed by atoms with Crippen molar-refractivity contribution in [3.05, 3.63) is 88.1 Å². The number of aromatic nitrogens is 4. The van der Waals surface area contributed by atoms with Gasteiger partial charge in [-0.2, -0.15) is 0 Å². The van der Waals surface area contributed by atoms with Gasteiger partial charge in [0.25, 0.3) is 0 Å². The third kappa shape index (κ3) is 4.08. The summed E-state index contributed by atoms with van der Waals surface area (Å²) in [6, 6.07) is 14.0. The molecule has 0 saturated heterocycles. The molecule has 2 aromatic heterocycles. The number of hydrogen-bond donors (Lipinski definition) is 0. The monoisotopic (exact) mass is 426 g/mol. The second-order valence-electron chi connectivity index (χ2n) is 6.53. The Morgan fingerprint density at radius 1 is 1.20 bits per heavy atom. The fourth-order valence-corrected chi connectivity index (χ4v) is 3.22. The maximum atomic E-state index is 14.3. The van der Waals surface area contributed by atoms with Gasteiger partial charge in [-0.15, -0.1) is 5.10 Å². The number of carbonyl (C=O) groups excluding carboxylic acids is 1. The van der Waals surface area contributed by atoms with Gasteiger partial charge in [-0.25, -0.2) is 13.9 Å². The number of halogens is 2. The summed E-state index contributed by atoms with van der Waals surface area (Å²) < 4.78 is 26.4. The van der Waals surface area contributed by atoms with E-state index in [4.69, 9.17) is 20.9 Å². The van der Waals surface area contributed by atoms with Gasteiger partial charge in [0.05, 0.1) is 23.3 Å². The fraction of sp³-hybridized carbons (Fsp3) is 0.143. The Morgan fingerprint density at radius 3 is 2.77 bits per heavy atom. The second-order valence-corrected chi connectivity index (χ2v) is 6.94. The van der Waals surface area contributed by atoms with Crippen LogP contribution in [0, 0.1) is 12.7 Å². The van der Waals surface area contributed by atoms with Crippen LogP contribution in [0.15, 0.2) is 59.3 Å². The molecule has 0 atom stereocenters. The molecule has 0 amide bonds. The van der Waals surface area contributed by atoms with Crippen LogP contribution < -0.4 is 0 Å². The molecule has 0 spiro atoms. The Morgan fingerprint density at radius 2 is 2.00 bits per heavy atom. The lowest BCUT2D eigenvalue weighted by molar-refractivity contribution is 0.0466. The first kappa shape index (κ1) is 19.8. The minimum atomic E-state index is -0.722. The number of nitrogens with zero attached hydrogens (tertiary/aromatic N) is 4. The third-order valence-electron chi connectivity index (χ3n) is 4.39. The number of aryl methyl sites for hydroxylation is 1. The van der Waals surface area contributed by atoms with Gasteiger partial charge in [-0.1, -0.05) is 58.4 Å². The number of rotatable bonds is 6. The van der Waals surface area contributed by atoms with Crippen LogP contribution in [0.25, 0.3) is 11.3 Å². The first-order chi connectivity index (χ1) is 14.5. The summed E-state index contributed by atoms with van der Waals surface area (Å²) in [5, 5.41) is 12.0. The van der Waals surface area contributed by atoms with Crippen molar-refractivity contribution in [2.75, 3.05) is 0 Å². The van der Waals surface area contributed by atoms with Gasteiger partial charge in [0.15, 0.2) is 0 Å². The van der Waals surface area contributed by atoms with Gasteiger partial charge in [0.1, 0.15) is 35.1 Å². The Labute approximate surface area is 176 Å². The van der Waals surface area contributed by atoms with Gasteiger partial charge in [-0.3, -0.25) is 0 Å².